The number of unbranched alkanes of at least 4 members (excludes halogenated alkanes) is 1. The molecule has 1 aromatic heterocycles. The lowest BCUT2D eigenvalue weighted by Gasteiger charge is -2.07. The SMILES string of the molecule is CCCCOc1ccc(C(=O)Nc2nnc(S[C@@H](C)C(=O)OCC)s2)cc1. The van der Waals surface area contributed by atoms with Crippen LogP contribution in [-0.2, 0) is 9.53 Å². The van der Waals surface area contributed by atoms with Gasteiger partial charge < -0.3 is 9.47 Å². The maximum atomic E-state index is 12.3. The van der Waals surface area contributed by atoms with Crippen LogP contribution in [0.3, 0.4) is 0 Å². The van der Waals surface area contributed by atoms with E-state index in [1.807, 2.05) is 0 Å². The molecule has 0 bridgehead atoms. The number of carbonyl (C=O) groups excluding carboxylic acids is 2. The van der Waals surface area contributed by atoms with Crippen LogP contribution in [0, 0.1) is 0 Å². The number of ether oxygens (including phenoxy) is 2. The lowest BCUT2D eigenvalue weighted by atomic mass is 10.2. The number of aromatic nitrogens is 2. The van der Waals surface area contributed by atoms with Crippen LogP contribution in [0.2, 0.25) is 0 Å². The van der Waals surface area contributed by atoms with Gasteiger partial charge >= 0.3 is 5.97 Å². The first-order chi connectivity index (χ1) is 13.0. The molecule has 0 unspecified atom stereocenters. The first-order valence-corrected chi connectivity index (χ1v) is 10.4. The first kappa shape index (κ1) is 21.2. The minimum absolute atomic E-state index is 0.277. The highest BCUT2D eigenvalue weighted by atomic mass is 32.2. The summed E-state index contributed by atoms with van der Waals surface area (Å²) in [6, 6.07) is 6.95. The summed E-state index contributed by atoms with van der Waals surface area (Å²) >= 11 is 2.46. The normalized spacial score (nSPS) is 11.7. The third-order valence-electron chi connectivity index (χ3n) is 3.41. The molecule has 0 aliphatic carbocycles. The average molecular weight is 410 g/mol. The van der Waals surface area contributed by atoms with Crippen molar-refractivity contribution < 1.29 is 19.1 Å². The minimum Gasteiger partial charge on any atom is -0.494 e. The zero-order chi connectivity index (χ0) is 19.6. The van der Waals surface area contributed by atoms with Crippen LogP contribution in [0.1, 0.15) is 44.0 Å². The van der Waals surface area contributed by atoms with Gasteiger partial charge in [0.05, 0.1) is 13.2 Å². The number of nitrogens with one attached hydrogen (secondary N) is 1. The summed E-state index contributed by atoms with van der Waals surface area (Å²) in [6.07, 6.45) is 2.07. The number of anilines is 1. The van der Waals surface area contributed by atoms with Crippen LogP contribution in [0.15, 0.2) is 28.6 Å². The third kappa shape index (κ3) is 6.84. The number of esters is 1. The molecule has 0 saturated carbocycles. The van der Waals surface area contributed by atoms with Gasteiger partial charge in [0.1, 0.15) is 11.0 Å². The molecule has 9 heteroatoms. The van der Waals surface area contributed by atoms with Crippen LogP contribution in [-0.4, -0.2) is 40.5 Å². The van der Waals surface area contributed by atoms with Gasteiger partial charge in [0.25, 0.3) is 5.91 Å². The Labute approximate surface area is 166 Å². The Morgan fingerprint density at radius 2 is 1.96 bits per heavy atom. The Hall–Kier alpha value is -2.13. The van der Waals surface area contributed by atoms with Crippen molar-refractivity contribution in [2.75, 3.05) is 18.5 Å². The lowest BCUT2D eigenvalue weighted by Crippen LogP contribution is -2.16. The van der Waals surface area contributed by atoms with Crippen LogP contribution in [0.5, 0.6) is 5.75 Å². The molecule has 0 aliphatic heterocycles. The highest BCUT2D eigenvalue weighted by Gasteiger charge is 2.18. The van der Waals surface area contributed by atoms with Gasteiger partial charge in [-0.3, -0.25) is 14.9 Å². The molecule has 0 saturated heterocycles. The number of carbonyl (C=O) groups is 2. The summed E-state index contributed by atoms with van der Waals surface area (Å²) < 4.78 is 11.1. The summed E-state index contributed by atoms with van der Waals surface area (Å²) in [5, 5.41) is 10.6. The molecule has 0 fully saturated rings. The second-order valence-corrected chi connectivity index (χ2v) is 8.13. The number of hydrogen-bond acceptors (Lipinski definition) is 8. The summed E-state index contributed by atoms with van der Waals surface area (Å²) in [5.74, 6) is 0.160. The smallest absolute Gasteiger partial charge is 0.319 e. The molecule has 0 radical (unpaired) electrons. The predicted molar refractivity (Wildman–Crippen MR) is 107 cm³/mol. The van der Waals surface area contributed by atoms with Crippen molar-refractivity contribution in [2.45, 2.75) is 43.2 Å². The van der Waals surface area contributed by atoms with E-state index in [0.29, 0.717) is 28.2 Å². The van der Waals surface area contributed by atoms with Crippen molar-refractivity contribution in [3.8, 4) is 5.75 Å². The van der Waals surface area contributed by atoms with Crippen LogP contribution < -0.4 is 10.1 Å². The van der Waals surface area contributed by atoms with Gasteiger partial charge in [-0.05, 0) is 44.5 Å². The fraction of sp³-hybridized carbons (Fsp3) is 0.444. The van der Waals surface area contributed by atoms with Gasteiger partial charge in [-0.1, -0.05) is 36.4 Å². The minimum atomic E-state index is -0.387. The Bertz CT molecular complexity index is 749. The average Bonchev–Trinajstić information content (AvgIpc) is 3.09. The molecular formula is C18H23N3O4S2. The van der Waals surface area contributed by atoms with Crippen molar-refractivity contribution in [3.05, 3.63) is 29.8 Å². The van der Waals surface area contributed by atoms with E-state index < -0.39 is 0 Å². The number of benzene rings is 1. The number of thioether (sulfide) groups is 1. The maximum Gasteiger partial charge on any atom is 0.319 e. The fourth-order valence-electron chi connectivity index (χ4n) is 1.97. The van der Waals surface area contributed by atoms with Gasteiger partial charge in [-0.15, -0.1) is 10.2 Å². The van der Waals surface area contributed by atoms with E-state index in [2.05, 4.69) is 22.4 Å². The molecule has 2 rings (SSSR count). The molecule has 1 N–H and O–H groups in total. The number of rotatable bonds is 10. The molecule has 1 amide bonds. The summed E-state index contributed by atoms with van der Waals surface area (Å²) in [7, 11) is 0. The maximum absolute atomic E-state index is 12.3. The van der Waals surface area contributed by atoms with Gasteiger partial charge in [0.15, 0.2) is 4.34 Å². The lowest BCUT2D eigenvalue weighted by molar-refractivity contribution is -0.142. The summed E-state index contributed by atoms with van der Waals surface area (Å²) in [5.41, 5.74) is 0.502. The molecule has 1 heterocycles. The van der Waals surface area contributed by atoms with Gasteiger partial charge in [-0.25, -0.2) is 0 Å². The van der Waals surface area contributed by atoms with E-state index in [-0.39, 0.29) is 17.1 Å². The zero-order valence-electron chi connectivity index (χ0n) is 15.6. The van der Waals surface area contributed by atoms with Crippen LogP contribution in [0.4, 0.5) is 5.13 Å². The third-order valence-corrected chi connectivity index (χ3v) is 5.41. The van der Waals surface area contributed by atoms with Crippen LogP contribution >= 0.6 is 23.1 Å². The zero-order valence-corrected chi connectivity index (χ0v) is 17.2. The van der Waals surface area contributed by atoms with Crippen molar-refractivity contribution >= 4 is 40.1 Å². The number of amides is 1. The molecule has 1 aromatic carbocycles. The Morgan fingerprint density at radius 3 is 2.63 bits per heavy atom. The summed E-state index contributed by atoms with van der Waals surface area (Å²) in [6.45, 7) is 6.61. The van der Waals surface area contributed by atoms with Crippen molar-refractivity contribution in [2.24, 2.45) is 0 Å². The van der Waals surface area contributed by atoms with E-state index in [9.17, 15) is 9.59 Å². The first-order valence-electron chi connectivity index (χ1n) is 8.74. The molecule has 7 nitrogen and oxygen atoms in total. The standard InChI is InChI=1S/C18H23N3O4S2/c1-4-6-11-25-14-9-7-13(8-10-14)15(22)19-17-20-21-18(27-17)26-12(3)16(23)24-5-2/h7-10,12H,4-6,11H2,1-3H3,(H,19,20,22)/t12-/m0/s1. The van der Waals surface area contributed by atoms with Gasteiger partial charge in [0.2, 0.25) is 5.13 Å². The summed E-state index contributed by atoms with van der Waals surface area (Å²) in [4.78, 5) is 24.0. The quantitative estimate of drug-likeness (QED) is 0.274. The largest absolute Gasteiger partial charge is 0.494 e. The second kappa shape index (κ2) is 10.9. The molecule has 1 atom stereocenters. The topological polar surface area (TPSA) is 90.4 Å². The Balaban J connectivity index is 1.89. The van der Waals surface area contributed by atoms with Gasteiger partial charge in [0, 0.05) is 5.56 Å². The van der Waals surface area contributed by atoms with E-state index in [1.54, 1.807) is 38.1 Å². The van der Waals surface area contributed by atoms with E-state index in [0.717, 1.165) is 18.6 Å². The highest BCUT2D eigenvalue weighted by Crippen LogP contribution is 2.29. The predicted octanol–water partition coefficient (Wildman–Crippen LogP) is 4.01. The van der Waals surface area contributed by atoms with Crippen molar-refractivity contribution in [1.82, 2.24) is 10.2 Å². The van der Waals surface area contributed by atoms with Crippen molar-refractivity contribution in [3.63, 3.8) is 0 Å². The second-order valence-electron chi connectivity index (χ2n) is 5.57. The molecule has 2 aromatic rings. The molecule has 27 heavy (non-hydrogen) atoms. The number of nitrogens with zero attached hydrogens (tertiary/aromatic N) is 2. The van der Waals surface area contributed by atoms with Crippen molar-refractivity contribution in [1.29, 1.82) is 0 Å². The molecule has 0 spiro atoms. The number of hydrogen-bond donors (Lipinski definition) is 1. The highest BCUT2D eigenvalue weighted by molar-refractivity contribution is 8.02. The molecule has 0 aliphatic rings. The Kier molecular flexibility index (Phi) is 8.53. The van der Waals surface area contributed by atoms with Crippen LogP contribution in [0.25, 0.3) is 0 Å². The monoisotopic (exact) mass is 409 g/mol. The Morgan fingerprint density at radius 1 is 1.22 bits per heavy atom. The van der Waals surface area contributed by atoms with Gasteiger partial charge in [-0.2, -0.15) is 0 Å². The molecule has 146 valence electrons. The molecular weight excluding hydrogens is 386 g/mol. The van der Waals surface area contributed by atoms with E-state index in [4.69, 9.17) is 9.47 Å². The van der Waals surface area contributed by atoms with E-state index in [1.165, 1.54) is 23.1 Å². The fourth-order valence-corrected chi connectivity index (χ4v) is 3.86. The van der Waals surface area contributed by atoms with E-state index >= 15 is 0 Å².